The van der Waals surface area contributed by atoms with E-state index in [1.165, 1.54) is 12.7 Å². The van der Waals surface area contributed by atoms with Crippen molar-refractivity contribution in [2.45, 2.75) is 26.7 Å². The Morgan fingerprint density at radius 1 is 1.50 bits per heavy atom. The first-order valence-corrected chi connectivity index (χ1v) is 4.12. The molecular formula is C10H14O2. The van der Waals surface area contributed by atoms with E-state index >= 15 is 0 Å². The van der Waals surface area contributed by atoms with Gasteiger partial charge in [0.05, 0.1) is 7.11 Å². The van der Waals surface area contributed by atoms with E-state index in [4.69, 9.17) is 0 Å². The molecule has 0 aromatic carbocycles. The standard InChI is InChI=1S/C10H14O2/c1-7-5-4-6-9(8(7)2)10(11)12-3/h5H,4,6H2,1-3H3. The average Bonchev–Trinajstić information content (AvgIpc) is 2.08. The molecule has 0 radical (unpaired) electrons. The molecule has 0 heterocycles. The molecule has 12 heavy (non-hydrogen) atoms. The van der Waals surface area contributed by atoms with E-state index in [1.54, 1.807) is 0 Å². The van der Waals surface area contributed by atoms with Crippen molar-refractivity contribution in [3.8, 4) is 0 Å². The summed E-state index contributed by atoms with van der Waals surface area (Å²) in [4.78, 5) is 11.2. The predicted octanol–water partition coefficient (Wildman–Crippen LogP) is 2.22. The highest BCUT2D eigenvalue weighted by Gasteiger charge is 2.16. The maximum atomic E-state index is 11.2. The minimum Gasteiger partial charge on any atom is -0.466 e. The average molecular weight is 166 g/mol. The summed E-state index contributed by atoms with van der Waals surface area (Å²) >= 11 is 0. The quantitative estimate of drug-likeness (QED) is 0.558. The molecule has 0 atom stereocenters. The van der Waals surface area contributed by atoms with Crippen LogP contribution in [-0.2, 0) is 9.53 Å². The van der Waals surface area contributed by atoms with Crippen LogP contribution in [0.2, 0.25) is 0 Å². The number of rotatable bonds is 1. The van der Waals surface area contributed by atoms with E-state index in [2.05, 4.69) is 10.8 Å². The number of hydrogen-bond donors (Lipinski definition) is 0. The van der Waals surface area contributed by atoms with E-state index in [0.717, 1.165) is 24.0 Å². The fraction of sp³-hybridized carbons (Fsp3) is 0.500. The van der Waals surface area contributed by atoms with E-state index in [9.17, 15) is 4.79 Å². The first-order valence-electron chi connectivity index (χ1n) is 4.12. The lowest BCUT2D eigenvalue weighted by Crippen LogP contribution is -2.09. The number of allylic oxidation sites excluding steroid dienone is 3. The van der Waals surface area contributed by atoms with Crippen LogP contribution in [0.25, 0.3) is 0 Å². The first kappa shape index (κ1) is 9.04. The molecule has 0 amide bonds. The number of methoxy groups -OCH3 is 1. The van der Waals surface area contributed by atoms with Gasteiger partial charge in [-0.05, 0) is 32.3 Å². The zero-order chi connectivity index (χ0) is 9.14. The molecule has 0 bridgehead atoms. The third kappa shape index (κ3) is 1.58. The van der Waals surface area contributed by atoms with Gasteiger partial charge in [-0.25, -0.2) is 4.79 Å². The van der Waals surface area contributed by atoms with Gasteiger partial charge < -0.3 is 4.74 Å². The van der Waals surface area contributed by atoms with Gasteiger partial charge in [-0.2, -0.15) is 0 Å². The Labute approximate surface area is 72.9 Å². The summed E-state index contributed by atoms with van der Waals surface area (Å²) < 4.78 is 4.68. The van der Waals surface area contributed by atoms with Crippen molar-refractivity contribution in [2.75, 3.05) is 7.11 Å². The summed E-state index contributed by atoms with van der Waals surface area (Å²) in [6, 6.07) is 0. The number of hydrogen-bond acceptors (Lipinski definition) is 2. The Hall–Kier alpha value is -1.05. The van der Waals surface area contributed by atoms with E-state index in [1.807, 2.05) is 13.8 Å². The van der Waals surface area contributed by atoms with Crippen molar-refractivity contribution >= 4 is 5.97 Å². The molecule has 1 aliphatic carbocycles. The van der Waals surface area contributed by atoms with Gasteiger partial charge in [-0.1, -0.05) is 11.6 Å². The Morgan fingerprint density at radius 3 is 2.75 bits per heavy atom. The monoisotopic (exact) mass is 166 g/mol. The maximum Gasteiger partial charge on any atom is 0.334 e. The lowest BCUT2D eigenvalue weighted by atomic mass is 9.93. The van der Waals surface area contributed by atoms with Crippen molar-refractivity contribution in [2.24, 2.45) is 0 Å². The number of carbonyl (C=O) groups is 1. The van der Waals surface area contributed by atoms with Gasteiger partial charge in [0.15, 0.2) is 0 Å². The Bertz CT molecular complexity index is 259. The topological polar surface area (TPSA) is 26.3 Å². The van der Waals surface area contributed by atoms with Crippen molar-refractivity contribution in [1.29, 1.82) is 0 Å². The molecule has 0 aromatic rings. The first-order chi connectivity index (χ1) is 5.66. The molecule has 0 unspecified atom stereocenters. The van der Waals surface area contributed by atoms with Crippen LogP contribution < -0.4 is 0 Å². The van der Waals surface area contributed by atoms with Gasteiger partial charge in [0, 0.05) is 5.57 Å². The van der Waals surface area contributed by atoms with E-state index < -0.39 is 0 Å². The molecule has 2 nitrogen and oxygen atoms in total. The predicted molar refractivity (Wildman–Crippen MR) is 47.7 cm³/mol. The smallest absolute Gasteiger partial charge is 0.334 e. The molecule has 0 aromatic heterocycles. The second-order valence-corrected chi connectivity index (χ2v) is 3.02. The maximum absolute atomic E-state index is 11.2. The molecule has 2 heteroatoms. The third-order valence-corrected chi connectivity index (χ3v) is 2.32. The van der Waals surface area contributed by atoms with Gasteiger partial charge in [-0.3, -0.25) is 0 Å². The third-order valence-electron chi connectivity index (χ3n) is 2.32. The number of esters is 1. The van der Waals surface area contributed by atoms with Gasteiger partial charge in [0.25, 0.3) is 0 Å². The SMILES string of the molecule is COC(=O)C1=C(C)C(C)=CCC1. The van der Waals surface area contributed by atoms with E-state index in [-0.39, 0.29) is 5.97 Å². The molecule has 1 aliphatic rings. The van der Waals surface area contributed by atoms with Crippen LogP contribution in [-0.4, -0.2) is 13.1 Å². The largest absolute Gasteiger partial charge is 0.466 e. The van der Waals surface area contributed by atoms with Crippen LogP contribution in [0.4, 0.5) is 0 Å². The van der Waals surface area contributed by atoms with Crippen molar-refractivity contribution in [3.05, 3.63) is 22.8 Å². The van der Waals surface area contributed by atoms with Crippen LogP contribution >= 0.6 is 0 Å². The van der Waals surface area contributed by atoms with Crippen molar-refractivity contribution < 1.29 is 9.53 Å². The van der Waals surface area contributed by atoms with Crippen LogP contribution in [0.1, 0.15) is 26.7 Å². The Kier molecular flexibility index (Phi) is 2.69. The molecule has 0 spiro atoms. The van der Waals surface area contributed by atoms with Gasteiger partial charge in [-0.15, -0.1) is 0 Å². The molecule has 1 rings (SSSR count). The lowest BCUT2D eigenvalue weighted by Gasteiger charge is -2.14. The Balaban J connectivity index is 2.95. The van der Waals surface area contributed by atoms with Crippen molar-refractivity contribution in [3.63, 3.8) is 0 Å². The molecule has 0 saturated carbocycles. The van der Waals surface area contributed by atoms with Crippen LogP contribution in [0, 0.1) is 0 Å². The highest BCUT2D eigenvalue weighted by molar-refractivity contribution is 5.90. The lowest BCUT2D eigenvalue weighted by molar-refractivity contribution is -0.136. The summed E-state index contributed by atoms with van der Waals surface area (Å²) in [7, 11) is 1.43. The van der Waals surface area contributed by atoms with Crippen LogP contribution in [0.15, 0.2) is 22.8 Å². The van der Waals surface area contributed by atoms with Crippen molar-refractivity contribution in [1.82, 2.24) is 0 Å². The van der Waals surface area contributed by atoms with Crippen LogP contribution in [0.3, 0.4) is 0 Å². The summed E-state index contributed by atoms with van der Waals surface area (Å²) in [6.45, 7) is 3.99. The summed E-state index contributed by atoms with van der Waals surface area (Å²) in [5.41, 5.74) is 3.10. The summed E-state index contributed by atoms with van der Waals surface area (Å²) in [6.07, 6.45) is 3.92. The number of ether oxygens (including phenoxy) is 1. The van der Waals surface area contributed by atoms with Crippen LogP contribution in [0.5, 0.6) is 0 Å². The van der Waals surface area contributed by atoms with Gasteiger partial charge >= 0.3 is 5.97 Å². The van der Waals surface area contributed by atoms with Gasteiger partial charge in [0.1, 0.15) is 0 Å². The van der Waals surface area contributed by atoms with E-state index in [0.29, 0.717) is 0 Å². The Morgan fingerprint density at radius 2 is 2.17 bits per heavy atom. The molecule has 66 valence electrons. The second-order valence-electron chi connectivity index (χ2n) is 3.02. The zero-order valence-electron chi connectivity index (χ0n) is 7.81. The molecule has 0 fully saturated rings. The van der Waals surface area contributed by atoms with Gasteiger partial charge in [0.2, 0.25) is 0 Å². The summed E-state index contributed by atoms with van der Waals surface area (Å²) in [5.74, 6) is -0.181. The fourth-order valence-electron chi connectivity index (χ4n) is 1.39. The highest BCUT2D eigenvalue weighted by atomic mass is 16.5. The molecule has 0 aliphatic heterocycles. The molecule has 0 saturated heterocycles. The molecular weight excluding hydrogens is 152 g/mol. The number of carbonyl (C=O) groups excluding carboxylic acids is 1. The highest BCUT2D eigenvalue weighted by Crippen LogP contribution is 2.24. The normalized spacial score (nSPS) is 17.4. The second kappa shape index (κ2) is 3.57. The fourth-order valence-corrected chi connectivity index (χ4v) is 1.39. The minimum absolute atomic E-state index is 0.181. The molecule has 0 N–H and O–H groups in total. The zero-order valence-corrected chi connectivity index (χ0v) is 7.81. The summed E-state index contributed by atoms with van der Waals surface area (Å²) in [5, 5.41) is 0. The minimum atomic E-state index is -0.181.